The quantitative estimate of drug-likeness (QED) is 0.514. The van der Waals surface area contributed by atoms with Crippen LogP contribution in [0.3, 0.4) is 0 Å². The summed E-state index contributed by atoms with van der Waals surface area (Å²) in [6.45, 7) is 0. The van der Waals surface area contributed by atoms with E-state index in [4.69, 9.17) is 0 Å². The Morgan fingerprint density at radius 2 is 1.78 bits per heavy atom. The monoisotopic (exact) mass is 327 g/mol. The summed E-state index contributed by atoms with van der Waals surface area (Å²) in [6, 6.07) is 8.10. The van der Waals surface area contributed by atoms with Crippen molar-refractivity contribution in [1.29, 1.82) is 0 Å². The molecule has 2 aromatic carbocycles. The summed E-state index contributed by atoms with van der Waals surface area (Å²) in [5, 5.41) is 11.6. The van der Waals surface area contributed by atoms with E-state index in [0.717, 1.165) is 0 Å². The van der Waals surface area contributed by atoms with Gasteiger partial charge in [0.1, 0.15) is 5.56 Å². The molecule has 23 heavy (non-hydrogen) atoms. The maximum absolute atomic E-state index is 13.8. The SMILES string of the molecule is O=Cc1cc(NC(=O)c2ccccc2)c(O)c(F)c1C(F)(F)F. The number of carbonyl (C=O) groups excluding carboxylic acids is 2. The zero-order valence-electron chi connectivity index (χ0n) is 11.3. The Labute approximate surface area is 127 Å². The summed E-state index contributed by atoms with van der Waals surface area (Å²) in [5.41, 5.74) is -3.41. The molecule has 0 saturated heterocycles. The number of benzene rings is 2. The minimum Gasteiger partial charge on any atom is -0.503 e. The number of aldehydes is 1. The Hall–Kier alpha value is -2.90. The highest BCUT2D eigenvalue weighted by Crippen LogP contribution is 2.40. The smallest absolute Gasteiger partial charge is 0.420 e. The second kappa shape index (κ2) is 6.07. The van der Waals surface area contributed by atoms with Gasteiger partial charge in [-0.05, 0) is 18.2 Å². The average Bonchev–Trinajstić information content (AvgIpc) is 2.50. The van der Waals surface area contributed by atoms with Crippen molar-refractivity contribution in [2.75, 3.05) is 5.32 Å². The number of aromatic hydroxyl groups is 1. The molecule has 0 radical (unpaired) electrons. The molecule has 2 rings (SSSR count). The number of phenols is 1. The molecular weight excluding hydrogens is 318 g/mol. The van der Waals surface area contributed by atoms with Gasteiger partial charge in [0.15, 0.2) is 17.9 Å². The van der Waals surface area contributed by atoms with Crippen LogP contribution in [0.5, 0.6) is 5.75 Å². The standard InChI is InChI=1S/C15H9F4NO3/c16-12-11(15(17,18)19)9(7-21)6-10(13(12)22)20-14(23)8-4-2-1-3-5-8/h1-7,22H,(H,20,23). The van der Waals surface area contributed by atoms with E-state index in [2.05, 4.69) is 5.32 Å². The number of amides is 1. The van der Waals surface area contributed by atoms with E-state index in [1.807, 2.05) is 0 Å². The fraction of sp³-hybridized carbons (Fsp3) is 0.0667. The molecule has 4 nitrogen and oxygen atoms in total. The molecule has 0 aliphatic rings. The Bertz CT molecular complexity index is 758. The van der Waals surface area contributed by atoms with E-state index < -0.39 is 40.5 Å². The number of halogens is 4. The summed E-state index contributed by atoms with van der Waals surface area (Å²) >= 11 is 0. The van der Waals surface area contributed by atoms with Crippen LogP contribution < -0.4 is 5.32 Å². The highest BCUT2D eigenvalue weighted by Gasteiger charge is 2.39. The Balaban J connectivity index is 2.47. The van der Waals surface area contributed by atoms with Crippen LogP contribution in [-0.4, -0.2) is 17.3 Å². The number of carbonyl (C=O) groups is 2. The number of hydrogen-bond acceptors (Lipinski definition) is 3. The first-order valence-electron chi connectivity index (χ1n) is 6.20. The Kier molecular flexibility index (Phi) is 4.35. The van der Waals surface area contributed by atoms with Gasteiger partial charge in [-0.2, -0.15) is 13.2 Å². The molecule has 2 N–H and O–H groups in total. The van der Waals surface area contributed by atoms with E-state index in [1.54, 1.807) is 18.2 Å². The lowest BCUT2D eigenvalue weighted by molar-refractivity contribution is -0.140. The molecule has 0 spiro atoms. The Morgan fingerprint density at radius 3 is 2.30 bits per heavy atom. The number of anilines is 1. The summed E-state index contributed by atoms with van der Waals surface area (Å²) in [6.07, 6.45) is -5.37. The van der Waals surface area contributed by atoms with Crippen LogP contribution >= 0.6 is 0 Å². The topological polar surface area (TPSA) is 66.4 Å². The van der Waals surface area contributed by atoms with Gasteiger partial charge in [0.25, 0.3) is 5.91 Å². The number of hydrogen-bond donors (Lipinski definition) is 2. The van der Waals surface area contributed by atoms with Crippen molar-refractivity contribution in [3.8, 4) is 5.75 Å². The van der Waals surface area contributed by atoms with E-state index in [9.17, 15) is 32.3 Å². The first-order valence-corrected chi connectivity index (χ1v) is 6.20. The van der Waals surface area contributed by atoms with Gasteiger partial charge in [-0.1, -0.05) is 18.2 Å². The summed E-state index contributed by atoms with van der Waals surface area (Å²) in [7, 11) is 0. The molecule has 2 aromatic rings. The van der Waals surface area contributed by atoms with Gasteiger partial charge in [-0.15, -0.1) is 0 Å². The van der Waals surface area contributed by atoms with E-state index in [1.165, 1.54) is 12.1 Å². The molecule has 0 heterocycles. The van der Waals surface area contributed by atoms with E-state index >= 15 is 0 Å². The molecule has 0 unspecified atom stereocenters. The van der Waals surface area contributed by atoms with Crippen molar-refractivity contribution < 1.29 is 32.3 Å². The van der Waals surface area contributed by atoms with E-state index in [-0.39, 0.29) is 11.8 Å². The van der Waals surface area contributed by atoms with Crippen LogP contribution in [0, 0.1) is 5.82 Å². The van der Waals surface area contributed by atoms with Crippen molar-refractivity contribution in [3.63, 3.8) is 0 Å². The highest BCUT2D eigenvalue weighted by molar-refractivity contribution is 6.05. The second-order valence-corrected chi connectivity index (χ2v) is 4.49. The number of nitrogens with one attached hydrogen (secondary N) is 1. The lowest BCUT2D eigenvalue weighted by Crippen LogP contribution is -2.16. The van der Waals surface area contributed by atoms with Gasteiger partial charge in [0.05, 0.1) is 5.69 Å². The van der Waals surface area contributed by atoms with Crippen molar-refractivity contribution in [2.45, 2.75) is 6.18 Å². The molecule has 0 saturated carbocycles. The maximum atomic E-state index is 13.8. The lowest BCUT2D eigenvalue weighted by Gasteiger charge is -2.15. The first kappa shape index (κ1) is 16.5. The maximum Gasteiger partial charge on any atom is 0.420 e. The van der Waals surface area contributed by atoms with Gasteiger partial charge in [0.2, 0.25) is 0 Å². The van der Waals surface area contributed by atoms with Crippen molar-refractivity contribution >= 4 is 17.9 Å². The predicted molar refractivity (Wildman–Crippen MR) is 72.8 cm³/mol. The number of phenolic OH excluding ortho intramolecular Hbond substituents is 1. The van der Waals surface area contributed by atoms with Crippen LogP contribution in [0.25, 0.3) is 0 Å². The zero-order valence-corrected chi connectivity index (χ0v) is 11.3. The molecule has 0 fully saturated rings. The molecule has 0 bridgehead atoms. The van der Waals surface area contributed by atoms with Gasteiger partial charge in [-0.3, -0.25) is 9.59 Å². The minimum atomic E-state index is -5.17. The highest BCUT2D eigenvalue weighted by atomic mass is 19.4. The number of alkyl halides is 3. The third-order valence-electron chi connectivity index (χ3n) is 2.97. The second-order valence-electron chi connectivity index (χ2n) is 4.49. The van der Waals surface area contributed by atoms with Crippen LogP contribution in [0.2, 0.25) is 0 Å². The lowest BCUT2D eigenvalue weighted by atomic mass is 10.0. The van der Waals surface area contributed by atoms with Gasteiger partial charge < -0.3 is 10.4 Å². The van der Waals surface area contributed by atoms with Gasteiger partial charge in [0, 0.05) is 11.1 Å². The zero-order chi connectivity index (χ0) is 17.2. The van der Waals surface area contributed by atoms with Crippen LogP contribution in [0.4, 0.5) is 23.2 Å². The number of rotatable bonds is 3. The molecule has 1 amide bonds. The Morgan fingerprint density at radius 1 is 1.17 bits per heavy atom. The summed E-state index contributed by atoms with van der Waals surface area (Å²) in [5.74, 6) is -4.20. The van der Waals surface area contributed by atoms with Gasteiger partial charge >= 0.3 is 6.18 Å². The normalized spacial score (nSPS) is 11.1. The van der Waals surface area contributed by atoms with Crippen LogP contribution in [0.15, 0.2) is 36.4 Å². The summed E-state index contributed by atoms with van der Waals surface area (Å²) < 4.78 is 52.0. The minimum absolute atomic E-state index is 0.139. The van der Waals surface area contributed by atoms with Crippen molar-refractivity contribution in [1.82, 2.24) is 0 Å². The van der Waals surface area contributed by atoms with Crippen LogP contribution in [-0.2, 0) is 6.18 Å². The fourth-order valence-corrected chi connectivity index (χ4v) is 1.92. The molecule has 120 valence electrons. The van der Waals surface area contributed by atoms with Gasteiger partial charge in [-0.25, -0.2) is 4.39 Å². The molecular formula is C15H9F4NO3. The summed E-state index contributed by atoms with van der Waals surface area (Å²) in [4.78, 5) is 22.7. The first-order chi connectivity index (χ1) is 10.8. The molecule has 0 atom stereocenters. The largest absolute Gasteiger partial charge is 0.503 e. The predicted octanol–water partition coefficient (Wildman–Crippen LogP) is 3.61. The van der Waals surface area contributed by atoms with Crippen LogP contribution in [0.1, 0.15) is 26.3 Å². The molecule has 0 aromatic heterocycles. The third-order valence-corrected chi connectivity index (χ3v) is 2.97. The van der Waals surface area contributed by atoms with Crippen molar-refractivity contribution in [3.05, 3.63) is 58.9 Å². The van der Waals surface area contributed by atoms with E-state index in [0.29, 0.717) is 6.07 Å². The third kappa shape index (κ3) is 3.31. The fourth-order valence-electron chi connectivity index (χ4n) is 1.92. The molecule has 0 aliphatic heterocycles. The average molecular weight is 327 g/mol. The molecule has 0 aliphatic carbocycles. The molecule has 8 heteroatoms. The van der Waals surface area contributed by atoms with Crippen molar-refractivity contribution in [2.24, 2.45) is 0 Å².